The zero-order valence-corrected chi connectivity index (χ0v) is 12.1. The molecule has 0 saturated carbocycles. The van der Waals surface area contributed by atoms with Gasteiger partial charge in [0.15, 0.2) is 5.75 Å². The van der Waals surface area contributed by atoms with E-state index in [2.05, 4.69) is 4.98 Å². The Hall–Kier alpha value is -2.31. The van der Waals surface area contributed by atoms with E-state index in [0.717, 1.165) is 11.3 Å². The molecule has 3 rings (SSSR count). The summed E-state index contributed by atoms with van der Waals surface area (Å²) in [6.45, 7) is 0. The molecule has 0 aliphatic heterocycles. The number of thiophene rings is 1. The van der Waals surface area contributed by atoms with Crippen LogP contribution < -0.4 is 16.0 Å². The number of pyridine rings is 1. The molecule has 21 heavy (non-hydrogen) atoms. The maximum Gasteiger partial charge on any atom is 0.266 e. The van der Waals surface area contributed by atoms with Crippen molar-refractivity contribution in [2.75, 3.05) is 0 Å². The van der Waals surface area contributed by atoms with Crippen molar-refractivity contribution in [2.24, 2.45) is 5.73 Å². The van der Waals surface area contributed by atoms with Crippen LogP contribution in [0.2, 0.25) is 5.02 Å². The number of primary amides is 1. The van der Waals surface area contributed by atoms with E-state index in [1.54, 1.807) is 30.3 Å². The van der Waals surface area contributed by atoms with Gasteiger partial charge in [-0.1, -0.05) is 11.6 Å². The second kappa shape index (κ2) is 5.23. The smallest absolute Gasteiger partial charge is 0.266 e. The minimum Gasteiger partial charge on any atom is -0.455 e. The van der Waals surface area contributed by atoms with Gasteiger partial charge in [-0.15, -0.1) is 11.3 Å². The Bertz CT molecular complexity index is 883. The number of carbonyl (C=O) groups excluding carboxylic acids is 1. The second-order valence-electron chi connectivity index (χ2n) is 4.26. The second-order valence-corrected chi connectivity index (χ2v) is 5.74. The third-order valence-corrected chi connectivity index (χ3v) is 4.22. The minimum atomic E-state index is -0.576. The Balaban J connectivity index is 2.10. The number of nitrogens with one attached hydrogen (secondary N) is 1. The van der Waals surface area contributed by atoms with Crippen LogP contribution >= 0.6 is 22.9 Å². The van der Waals surface area contributed by atoms with E-state index in [1.165, 1.54) is 6.20 Å². The van der Waals surface area contributed by atoms with Gasteiger partial charge in [-0.05, 0) is 30.3 Å². The summed E-state index contributed by atoms with van der Waals surface area (Å²) >= 11 is 6.86. The van der Waals surface area contributed by atoms with E-state index in [0.29, 0.717) is 31.5 Å². The standard InChI is InChI=1S/C14H9ClN2O3S/c15-7-1-3-8(4-2-7)20-10-6-17-14(19)12-9(10)5-11(21-12)13(16)18/h1-6H,(H2,16,18)(H,17,19). The fraction of sp³-hybridized carbons (Fsp3) is 0. The Morgan fingerprint density at radius 2 is 2.00 bits per heavy atom. The number of H-pyrrole nitrogens is 1. The molecule has 0 spiro atoms. The number of fused-ring (bicyclic) bond motifs is 1. The van der Waals surface area contributed by atoms with E-state index in [-0.39, 0.29) is 5.56 Å². The van der Waals surface area contributed by atoms with Crippen molar-refractivity contribution in [1.82, 2.24) is 4.98 Å². The first-order valence-electron chi connectivity index (χ1n) is 5.93. The van der Waals surface area contributed by atoms with Crippen LogP contribution in [0.25, 0.3) is 10.1 Å². The number of amides is 1. The predicted octanol–water partition coefficient (Wildman–Crippen LogP) is 3.13. The third kappa shape index (κ3) is 2.63. The number of aromatic nitrogens is 1. The molecule has 3 aromatic rings. The number of halogens is 1. The largest absolute Gasteiger partial charge is 0.455 e. The average molecular weight is 321 g/mol. The lowest BCUT2D eigenvalue weighted by Crippen LogP contribution is -2.08. The molecule has 0 aliphatic rings. The molecule has 0 unspecified atom stereocenters. The van der Waals surface area contributed by atoms with Crippen LogP contribution in [0, 0.1) is 0 Å². The number of rotatable bonds is 3. The molecule has 7 heteroatoms. The number of hydrogen-bond donors (Lipinski definition) is 2. The summed E-state index contributed by atoms with van der Waals surface area (Å²) in [5, 5.41) is 1.15. The van der Waals surface area contributed by atoms with Crippen molar-refractivity contribution in [2.45, 2.75) is 0 Å². The third-order valence-electron chi connectivity index (χ3n) is 2.82. The predicted molar refractivity (Wildman–Crippen MR) is 82.5 cm³/mol. The number of hydrogen-bond acceptors (Lipinski definition) is 4. The molecule has 0 radical (unpaired) electrons. The molecule has 2 aromatic heterocycles. The molecule has 0 bridgehead atoms. The lowest BCUT2D eigenvalue weighted by molar-refractivity contribution is 0.100. The Morgan fingerprint density at radius 3 is 2.67 bits per heavy atom. The first kappa shape index (κ1) is 13.7. The van der Waals surface area contributed by atoms with Gasteiger partial charge in [0.2, 0.25) is 0 Å². The SMILES string of the molecule is NC(=O)c1cc2c(Oc3ccc(Cl)cc3)c[nH]c(=O)c2s1. The van der Waals surface area contributed by atoms with Crippen molar-refractivity contribution < 1.29 is 9.53 Å². The van der Waals surface area contributed by atoms with Gasteiger partial charge in [0.25, 0.3) is 11.5 Å². The summed E-state index contributed by atoms with van der Waals surface area (Å²) in [4.78, 5) is 25.9. The first-order valence-corrected chi connectivity index (χ1v) is 7.12. The highest BCUT2D eigenvalue weighted by molar-refractivity contribution is 7.20. The lowest BCUT2D eigenvalue weighted by atomic mass is 10.2. The molecule has 1 amide bonds. The fourth-order valence-electron chi connectivity index (χ4n) is 1.85. The van der Waals surface area contributed by atoms with Gasteiger partial charge in [-0.3, -0.25) is 9.59 Å². The number of benzene rings is 1. The Labute approximate surface area is 127 Å². The van der Waals surface area contributed by atoms with Crippen molar-refractivity contribution in [3.63, 3.8) is 0 Å². The van der Waals surface area contributed by atoms with Crippen LogP contribution in [0.4, 0.5) is 0 Å². The van der Waals surface area contributed by atoms with Crippen LogP contribution in [-0.4, -0.2) is 10.9 Å². The lowest BCUT2D eigenvalue weighted by Gasteiger charge is -2.06. The Morgan fingerprint density at radius 1 is 1.29 bits per heavy atom. The van der Waals surface area contributed by atoms with E-state index in [9.17, 15) is 9.59 Å². The number of carbonyl (C=O) groups is 1. The zero-order valence-electron chi connectivity index (χ0n) is 10.6. The van der Waals surface area contributed by atoms with Crippen molar-refractivity contribution in [1.29, 1.82) is 0 Å². The van der Waals surface area contributed by atoms with Crippen LogP contribution in [0.15, 0.2) is 41.3 Å². The number of ether oxygens (including phenoxy) is 1. The minimum absolute atomic E-state index is 0.286. The van der Waals surface area contributed by atoms with Gasteiger partial charge in [-0.2, -0.15) is 0 Å². The molecule has 2 heterocycles. The fourth-order valence-corrected chi connectivity index (χ4v) is 2.90. The summed E-state index contributed by atoms with van der Waals surface area (Å²) in [6.07, 6.45) is 1.46. The monoisotopic (exact) mass is 320 g/mol. The van der Waals surface area contributed by atoms with Crippen LogP contribution in [0.5, 0.6) is 11.5 Å². The topological polar surface area (TPSA) is 85.2 Å². The number of nitrogens with two attached hydrogens (primary N) is 1. The van der Waals surface area contributed by atoms with Crippen LogP contribution in [0.3, 0.4) is 0 Å². The van der Waals surface area contributed by atoms with Crippen LogP contribution in [-0.2, 0) is 0 Å². The Kier molecular flexibility index (Phi) is 3.40. The molecule has 3 N–H and O–H groups in total. The summed E-state index contributed by atoms with van der Waals surface area (Å²) in [5.74, 6) is 0.434. The quantitative estimate of drug-likeness (QED) is 0.777. The van der Waals surface area contributed by atoms with Crippen molar-refractivity contribution in [3.8, 4) is 11.5 Å². The molecular weight excluding hydrogens is 312 g/mol. The summed E-state index contributed by atoms with van der Waals surface area (Å²) in [6, 6.07) is 8.37. The molecule has 1 aromatic carbocycles. The normalized spacial score (nSPS) is 10.7. The molecule has 0 atom stereocenters. The van der Waals surface area contributed by atoms with Gasteiger partial charge in [0.05, 0.1) is 4.88 Å². The van der Waals surface area contributed by atoms with Crippen LogP contribution in [0.1, 0.15) is 9.67 Å². The summed E-state index contributed by atoms with van der Waals surface area (Å²) < 4.78 is 6.12. The van der Waals surface area contributed by atoms with E-state index < -0.39 is 5.91 Å². The van der Waals surface area contributed by atoms with E-state index >= 15 is 0 Å². The highest BCUT2D eigenvalue weighted by atomic mass is 35.5. The van der Waals surface area contributed by atoms with Gasteiger partial charge in [0.1, 0.15) is 10.4 Å². The van der Waals surface area contributed by atoms with Crippen molar-refractivity contribution >= 4 is 38.9 Å². The molecule has 106 valence electrons. The summed E-state index contributed by atoms with van der Waals surface area (Å²) in [5.41, 5.74) is 4.96. The molecule has 0 fully saturated rings. The average Bonchev–Trinajstić information content (AvgIpc) is 2.91. The molecule has 0 saturated heterocycles. The highest BCUT2D eigenvalue weighted by Gasteiger charge is 2.14. The number of aromatic amines is 1. The van der Waals surface area contributed by atoms with Gasteiger partial charge < -0.3 is 15.5 Å². The van der Waals surface area contributed by atoms with E-state index in [4.69, 9.17) is 22.1 Å². The van der Waals surface area contributed by atoms with Gasteiger partial charge in [0, 0.05) is 16.6 Å². The van der Waals surface area contributed by atoms with E-state index in [1.807, 2.05) is 0 Å². The van der Waals surface area contributed by atoms with Gasteiger partial charge >= 0.3 is 0 Å². The molecular formula is C14H9ClN2O3S. The first-order chi connectivity index (χ1) is 10.0. The van der Waals surface area contributed by atoms with Crippen molar-refractivity contribution in [3.05, 3.63) is 56.8 Å². The molecule has 5 nitrogen and oxygen atoms in total. The summed E-state index contributed by atoms with van der Waals surface area (Å²) in [7, 11) is 0. The zero-order chi connectivity index (χ0) is 15.0. The highest BCUT2D eigenvalue weighted by Crippen LogP contribution is 2.32. The molecule has 0 aliphatic carbocycles. The van der Waals surface area contributed by atoms with Gasteiger partial charge in [-0.25, -0.2) is 0 Å². The maximum atomic E-state index is 11.8. The maximum absolute atomic E-state index is 11.8.